The lowest BCUT2D eigenvalue weighted by molar-refractivity contribution is -0.142. The van der Waals surface area contributed by atoms with Crippen molar-refractivity contribution in [1.29, 1.82) is 0 Å². The van der Waals surface area contributed by atoms with E-state index < -0.39 is 5.97 Å². The summed E-state index contributed by atoms with van der Waals surface area (Å²) in [6.45, 7) is 4.15. The largest absolute Gasteiger partial charge is 0.481 e. The fourth-order valence-corrected chi connectivity index (χ4v) is 2.77. The third-order valence-electron chi connectivity index (χ3n) is 3.83. The quantitative estimate of drug-likeness (QED) is 0.871. The van der Waals surface area contributed by atoms with E-state index >= 15 is 0 Å². The maximum absolute atomic E-state index is 11.3. The zero-order valence-corrected chi connectivity index (χ0v) is 10.9. The zero-order valence-electron chi connectivity index (χ0n) is 10.9. The van der Waals surface area contributed by atoms with Crippen molar-refractivity contribution >= 4 is 5.97 Å². The first-order valence-corrected chi connectivity index (χ1v) is 6.70. The van der Waals surface area contributed by atoms with Gasteiger partial charge in [0.2, 0.25) is 5.89 Å². The maximum atomic E-state index is 11.3. The van der Waals surface area contributed by atoms with Gasteiger partial charge in [-0.3, -0.25) is 4.79 Å². The van der Waals surface area contributed by atoms with Crippen molar-refractivity contribution in [3.8, 4) is 0 Å². The third-order valence-corrected chi connectivity index (χ3v) is 3.83. The summed E-state index contributed by atoms with van der Waals surface area (Å²) in [5.74, 6) is 0.442. The minimum atomic E-state index is -0.744. The van der Waals surface area contributed by atoms with E-state index in [-0.39, 0.29) is 11.8 Å². The first kappa shape index (κ1) is 13.1. The van der Waals surface area contributed by atoms with Crippen LogP contribution in [0, 0.1) is 11.8 Å². The lowest BCUT2D eigenvalue weighted by atomic mass is 9.96. The molecule has 0 aromatic carbocycles. The van der Waals surface area contributed by atoms with Crippen molar-refractivity contribution in [3.05, 3.63) is 11.7 Å². The topological polar surface area (TPSA) is 76.2 Å². The molecule has 5 nitrogen and oxygen atoms in total. The molecule has 0 aliphatic heterocycles. The van der Waals surface area contributed by atoms with Gasteiger partial charge in [-0.1, -0.05) is 25.4 Å². The molecule has 2 rings (SSSR count). The highest BCUT2D eigenvalue weighted by atomic mass is 16.5. The van der Waals surface area contributed by atoms with Crippen LogP contribution in [-0.4, -0.2) is 21.2 Å². The summed E-state index contributed by atoms with van der Waals surface area (Å²) in [5, 5.41) is 13.2. The Morgan fingerprint density at radius 3 is 2.83 bits per heavy atom. The summed E-state index contributed by atoms with van der Waals surface area (Å²) in [5.41, 5.74) is 0. The number of nitrogens with zero attached hydrogens (tertiary/aromatic N) is 2. The first-order valence-electron chi connectivity index (χ1n) is 6.70. The van der Waals surface area contributed by atoms with Gasteiger partial charge < -0.3 is 9.63 Å². The normalized spacial score (nSPS) is 27.6. The molecule has 18 heavy (non-hydrogen) atoms. The number of hydrogen-bond acceptors (Lipinski definition) is 4. The molecule has 1 aromatic heterocycles. The van der Waals surface area contributed by atoms with Crippen LogP contribution in [0.15, 0.2) is 4.52 Å². The Kier molecular flexibility index (Phi) is 3.99. The molecule has 0 amide bonds. The molecular weight excluding hydrogens is 232 g/mol. The van der Waals surface area contributed by atoms with Gasteiger partial charge in [0.1, 0.15) is 0 Å². The van der Waals surface area contributed by atoms with Crippen molar-refractivity contribution in [2.24, 2.45) is 11.8 Å². The standard InChI is InChI=1S/C13H20N2O3/c1-3-5-11-14-12(18-15-11)9-6-8(4-2)7-10(9)13(16)17/h8-10H,3-7H2,1-2H3,(H,16,17). The Labute approximate surface area is 107 Å². The van der Waals surface area contributed by atoms with Gasteiger partial charge >= 0.3 is 5.97 Å². The van der Waals surface area contributed by atoms with Crippen LogP contribution in [0.3, 0.4) is 0 Å². The second-order valence-electron chi connectivity index (χ2n) is 5.10. The van der Waals surface area contributed by atoms with Gasteiger partial charge in [-0.2, -0.15) is 4.98 Å². The summed E-state index contributed by atoms with van der Waals surface area (Å²) in [6, 6.07) is 0. The van der Waals surface area contributed by atoms with Gasteiger partial charge in [0.05, 0.1) is 11.8 Å². The summed E-state index contributed by atoms with van der Waals surface area (Å²) in [4.78, 5) is 15.6. The number of carboxylic acids is 1. The SMILES string of the molecule is CCCc1noc(C2CC(CC)CC2C(=O)O)n1. The van der Waals surface area contributed by atoms with Crippen molar-refractivity contribution < 1.29 is 14.4 Å². The number of aromatic nitrogens is 2. The Morgan fingerprint density at radius 2 is 2.22 bits per heavy atom. The lowest BCUT2D eigenvalue weighted by Gasteiger charge is -2.09. The van der Waals surface area contributed by atoms with Gasteiger partial charge in [-0.05, 0) is 25.2 Å². The highest BCUT2D eigenvalue weighted by Gasteiger charge is 2.41. The molecule has 1 aliphatic carbocycles. The summed E-state index contributed by atoms with van der Waals surface area (Å²) < 4.78 is 5.25. The maximum Gasteiger partial charge on any atom is 0.307 e. The second kappa shape index (κ2) is 5.50. The fraction of sp³-hybridized carbons (Fsp3) is 0.769. The predicted molar refractivity (Wildman–Crippen MR) is 65.2 cm³/mol. The molecule has 3 unspecified atom stereocenters. The van der Waals surface area contributed by atoms with E-state index in [1.807, 2.05) is 0 Å². The minimum absolute atomic E-state index is 0.106. The van der Waals surface area contributed by atoms with Crippen molar-refractivity contribution in [2.45, 2.75) is 51.9 Å². The molecule has 1 aliphatic rings. The van der Waals surface area contributed by atoms with Crippen LogP contribution in [0.4, 0.5) is 0 Å². The van der Waals surface area contributed by atoms with E-state index in [0.29, 0.717) is 17.6 Å². The molecule has 1 N–H and O–H groups in total. The number of aliphatic carboxylic acids is 1. The van der Waals surface area contributed by atoms with Crippen molar-refractivity contribution in [3.63, 3.8) is 0 Å². The van der Waals surface area contributed by atoms with Gasteiger partial charge in [-0.25, -0.2) is 0 Å². The molecule has 0 bridgehead atoms. The minimum Gasteiger partial charge on any atom is -0.481 e. The number of rotatable bonds is 5. The van der Waals surface area contributed by atoms with Gasteiger partial charge in [-0.15, -0.1) is 0 Å². The van der Waals surface area contributed by atoms with Crippen LogP contribution in [0.5, 0.6) is 0 Å². The van der Waals surface area contributed by atoms with E-state index in [9.17, 15) is 9.90 Å². The van der Waals surface area contributed by atoms with E-state index in [1.165, 1.54) is 0 Å². The third kappa shape index (κ3) is 2.54. The molecule has 1 fully saturated rings. The first-order chi connectivity index (χ1) is 8.65. The number of aryl methyl sites for hydroxylation is 1. The molecule has 3 atom stereocenters. The van der Waals surface area contributed by atoms with Gasteiger partial charge in [0.25, 0.3) is 0 Å². The van der Waals surface area contributed by atoms with E-state index in [0.717, 1.165) is 32.1 Å². The molecule has 5 heteroatoms. The van der Waals surface area contributed by atoms with E-state index in [2.05, 4.69) is 24.0 Å². The Balaban J connectivity index is 2.16. The number of hydrogen-bond donors (Lipinski definition) is 1. The predicted octanol–water partition coefficient (Wildman–Crippen LogP) is 2.63. The molecule has 1 heterocycles. The average molecular weight is 252 g/mol. The lowest BCUT2D eigenvalue weighted by Crippen LogP contribution is -2.17. The molecule has 1 aromatic rings. The van der Waals surface area contributed by atoms with Crippen LogP contribution in [-0.2, 0) is 11.2 Å². The zero-order chi connectivity index (χ0) is 13.1. The molecule has 0 spiro atoms. The van der Waals surface area contributed by atoms with E-state index in [4.69, 9.17) is 4.52 Å². The Hall–Kier alpha value is -1.39. The van der Waals surface area contributed by atoms with Crippen LogP contribution in [0.1, 0.15) is 57.2 Å². The fourth-order valence-electron chi connectivity index (χ4n) is 2.77. The Morgan fingerprint density at radius 1 is 1.44 bits per heavy atom. The summed E-state index contributed by atoms with van der Waals surface area (Å²) >= 11 is 0. The molecule has 100 valence electrons. The van der Waals surface area contributed by atoms with Gasteiger partial charge in [0.15, 0.2) is 5.82 Å². The van der Waals surface area contributed by atoms with Gasteiger partial charge in [0, 0.05) is 6.42 Å². The molecule has 1 saturated carbocycles. The average Bonchev–Trinajstić information content (AvgIpc) is 2.94. The molecule has 0 saturated heterocycles. The summed E-state index contributed by atoms with van der Waals surface area (Å²) in [6.07, 6.45) is 4.33. The number of carboxylic acid groups (broad SMARTS) is 1. The van der Waals surface area contributed by atoms with Crippen LogP contribution < -0.4 is 0 Å². The molecular formula is C13H20N2O3. The smallest absolute Gasteiger partial charge is 0.307 e. The van der Waals surface area contributed by atoms with Crippen molar-refractivity contribution in [2.75, 3.05) is 0 Å². The Bertz CT molecular complexity index is 416. The summed E-state index contributed by atoms with van der Waals surface area (Å²) in [7, 11) is 0. The van der Waals surface area contributed by atoms with Crippen LogP contribution >= 0.6 is 0 Å². The van der Waals surface area contributed by atoms with Crippen LogP contribution in [0.2, 0.25) is 0 Å². The highest BCUT2D eigenvalue weighted by molar-refractivity contribution is 5.71. The monoisotopic (exact) mass is 252 g/mol. The second-order valence-corrected chi connectivity index (χ2v) is 5.10. The van der Waals surface area contributed by atoms with E-state index in [1.54, 1.807) is 0 Å². The van der Waals surface area contributed by atoms with Crippen LogP contribution in [0.25, 0.3) is 0 Å². The number of carbonyl (C=O) groups is 1. The highest BCUT2D eigenvalue weighted by Crippen LogP contribution is 2.43. The molecule has 0 radical (unpaired) electrons. The van der Waals surface area contributed by atoms with Crippen molar-refractivity contribution in [1.82, 2.24) is 10.1 Å².